The van der Waals surface area contributed by atoms with Gasteiger partial charge in [0.05, 0.1) is 0 Å². The third-order valence-electron chi connectivity index (χ3n) is 4.33. The van der Waals surface area contributed by atoms with Crippen LogP contribution in [0, 0.1) is 20.8 Å². The predicted octanol–water partition coefficient (Wildman–Crippen LogP) is 6.16. The summed E-state index contributed by atoms with van der Waals surface area (Å²) in [6, 6.07) is 22.6. The normalized spacial score (nSPS) is 10.6. The number of hydrogen-bond acceptors (Lipinski definition) is 2. The second-order valence-corrected chi connectivity index (χ2v) is 7.57. The zero-order valence-electron chi connectivity index (χ0n) is 15.4. The van der Waals surface area contributed by atoms with Gasteiger partial charge in [0, 0.05) is 21.9 Å². The van der Waals surface area contributed by atoms with E-state index in [9.17, 15) is 4.79 Å². The molecular formula is C23H23NOS. The molecule has 0 bridgehead atoms. The molecule has 2 nitrogen and oxygen atoms in total. The largest absolute Gasteiger partial charge is 0.322 e. The molecule has 1 N–H and O–H groups in total. The number of nitrogens with one attached hydrogen (secondary N) is 1. The summed E-state index contributed by atoms with van der Waals surface area (Å²) in [5, 5.41) is 3.05. The number of benzene rings is 3. The van der Waals surface area contributed by atoms with Crippen molar-refractivity contribution >= 4 is 23.4 Å². The zero-order chi connectivity index (χ0) is 18.5. The number of thioether (sulfide) groups is 1. The summed E-state index contributed by atoms with van der Waals surface area (Å²) < 4.78 is 0. The third-order valence-corrected chi connectivity index (χ3v) is 5.41. The Morgan fingerprint density at radius 3 is 2.38 bits per heavy atom. The highest BCUT2D eigenvalue weighted by Crippen LogP contribution is 2.25. The van der Waals surface area contributed by atoms with E-state index in [1.165, 1.54) is 10.5 Å². The smallest absolute Gasteiger partial charge is 0.255 e. The van der Waals surface area contributed by atoms with Crippen molar-refractivity contribution in [3.8, 4) is 0 Å². The van der Waals surface area contributed by atoms with Gasteiger partial charge in [0.25, 0.3) is 5.91 Å². The molecule has 0 aromatic heterocycles. The Morgan fingerprint density at radius 2 is 1.65 bits per heavy atom. The molecule has 26 heavy (non-hydrogen) atoms. The van der Waals surface area contributed by atoms with Crippen molar-refractivity contribution in [2.24, 2.45) is 0 Å². The van der Waals surface area contributed by atoms with Gasteiger partial charge in [-0.3, -0.25) is 4.79 Å². The minimum absolute atomic E-state index is 0.0549. The lowest BCUT2D eigenvalue weighted by Gasteiger charge is -2.12. The first-order valence-corrected chi connectivity index (χ1v) is 9.67. The van der Waals surface area contributed by atoms with E-state index in [1.807, 2.05) is 62.9 Å². The van der Waals surface area contributed by atoms with Crippen molar-refractivity contribution in [3.63, 3.8) is 0 Å². The van der Waals surface area contributed by atoms with Gasteiger partial charge < -0.3 is 5.32 Å². The number of carbonyl (C=O) groups excluding carboxylic acids is 1. The van der Waals surface area contributed by atoms with Crippen molar-refractivity contribution in [1.29, 1.82) is 0 Å². The lowest BCUT2D eigenvalue weighted by Crippen LogP contribution is -2.14. The molecule has 0 aliphatic carbocycles. The summed E-state index contributed by atoms with van der Waals surface area (Å²) in [7, 11) is 0. The molecule has 1 amide bonds. The average molecular weight is 362 g/mol. The van der Waals surface area contributed by atoms with Gasteiger partial charge in [-0.15, -0.1) is 11.8 Å². The molecule has 0 aliphatic rings. The van der Waals surface area contributed by atoms with Crippen LogP contribution < -0.4 is 5.32 Å². The number of anilines is 1. The lowest BCUT2D eigenvalue weighted by atomic mass is 10.0. The fourth-order valence-electron chi connectivity index (χ4n) is 2.81. The van der Waals surface area contributed by atoms with E-state index < -0.39 is 0 Å². The van der Waals surface area contributed by atoms with Crippen LogP contribution in [-0.2, 0) is 5.75 Å². The maximum atomic E-state index is 12.6. The summed E-state index contributed by atoms with van der Waals surface area (Å²) in [4.78, 5) is 13.9. The van der Waals surface area contributed by atoms with Crippen LogP contribution in [0.15, 0.2) is 71.6 Å². The number of amides is 1. The van der Waals surface area contributed by atoms with Crippen LogP contribution in [0.2, 0.25) is 0 Å². The van der Waals surface area contributed by atoms with Gasteiger partial charge in [-0.2, -0.15) is 0 Å². The number of aryl methyl sites for hydroxylation is 3. The Balaban J connectivity index is 1.69. The SMILES string of the molecule is Cc1ccc(C)c(C(=O)Nc2ccc(CSc3ccccc3)cc2C)c1. The van der Waals surface area contributed by atoms with E-state index in [-0.39, 0.29) is 5.91 Å². The molecule has 0 radical (unpaired) electrons. The van der Waals surface area contributed by atoms with Crippen molar-refractivity contribution in [2.45, 2.75) is 31.4 Å². The van der Waals surface area contributed by atoms with E-state index in [4.69, 9.17) is 0 Å². The first-order chi connectivity index (χ1) is 12.5. The van der Waals surface area contributed by atoms with Crippen LogP contribution in [-0.4, -0.2) is 5.91 Å². The zero-order valence-corrected chi connectivity index (χ0v) is 16.2. The number of hydrogen-bond donors (Lipinski definition) is 1. The Bertz CT molecular complexity index is 919. The lowest BCUT2D eigenvalue weighted by molar-refractivity contribution is 0.102. The molecule has 0 saturated carbocycles. The molecule has 0 unspecified atom stereocenters. The average Bonchev–Trinajstić information content (AvgIpc) is 2.64. The fourth-order valence-corrected chi connectivity index (χ4v) is 3.67. The molecule has 0 atom stereocenters. The van der Waals surface area contributed by atoms with E-state index >= 15 is 0 Å². The van der Waals surface area contributed by atoms with Crippen LogP contribution in [0.4, 0.5) is 5.69 Å². The van der Waals surface area contributed by atoms with Gasteiger partial charge in [-0.25, -0.2) is 0 Å². The third kappa shape index (κ3) is 4.55. The molecule has 0 spiro atoms. The Kier molecular flexibility index (Phi) is 5.79. The van der Waals surface area contributed by atoms with Gasteiger partial charge in [-0.1, -0.05) is 48.0 Å². The molecular weight excluding hydrogens is 338 g/mol. The Labute approximate surface area is 159 Å². The molecule has 3 aromatic carbocycles. The van der Waals surface area contributed by atoms with Gasteiger partial charge in [0.1, 0.15) is 0 Å². The van der Waals surface area contributed by atoms with Crippen LogP contribution >= 0.6 is 11.8 Å². The van der Waals surface area contributed by atoms with E-state index in [2.05, 4.69) is 41.7 Å². The maximum absolute atomic E-state index is 12.6. The van der Waals surface area contributed by atoms with Gasteiger partial charge in [-0.05, 0) is 61.7 Å². The predicted molar refractivity (Wildman–Crippen MR) is 111 cm³/mol. The molecule has 0 fully saturated rings. The van der Waals surface area contributed by atoms with Crippen molar-refractivity contribution in [2.75, 3.05) is 5.32 Å². The van der Waals surface area contributed by atoms with Gasteiger partial charge in [0.15, 0.2) is 0 Å². The molecule has 3 aromatic rings. The summed E-state index contributed by atoms with van der Waals surface area (Å²) in [6.45, 7) is 6.00. The first kappa shape index (κ1) is 18.3. The molecule has 0 saturated heterocycles. The first-order valence-electron chi connectivity index (χ1n) is 8.69. The fraction of sp³-hybridized carbons (Fsp3) is 0.174. The summed E-state index contributed by atoms with van der Waals surface area (Å²) in [6.07, 6.45) is 0. The second-order valence-electron chi connectivity index (χ2n) is 6.52. The van der Waals surface area contributed by atoms with Gasteiger partial charge in [0.2, 0.25) is 0 Å². The monoisotopic (exact) mass is 361 g/mol. The Hall–Kier alpha value is -2.52. The molecule has 132 valence electrons. The number of rotatable bonds is 5. The summed E-state index contributed by atoms with van der Waals surface area (Å²) in [5.74, 6) is 0.858. The van der Waals surface area contributed by atoms with Crippen molar-refractivity contribution in [3.05, 3.63) is 94.5 Å². The molecule has 0 aliphatic heterocycles. The molecule has 3 rings (SSSR count). The number of carbonyl (C=O) groups is 1. The minimum Gasteiger partial charge on any atom is -0.322 e. The van der Waals surface area contributed by atoms with Crippen LogP contribution in [0.1, 0.15) is 32.6 Å². The van der Waals surface area contributed by atoms with E-state index in [0.29, 0.717) is 0 Å². The van der Waals surface area contributed by atoms with E-state index in [1.54, 1.807) is 0 Å². The van der Waals surface area contributed by atoms with Crippen molar-refractivity contribution in [1.82, 2.24) is 0 Å². The Morgan fingerprint density at radius 1 is 0.885 bits per heavy atom. The van der Waals surface area contributed by atoms with Gasteiger partial charge >= 0.3 is 0 Å². The molecule has 3 heteroatoms. The van der Waals surface area contributed by atoms with Crippen LogP contribution in [0.3, 0.4) is 0 Å². The standard InChI is InChI=1S/C23H23NOS/c1-16-9-10-17(2)21(13-16)23(25)24-22-12-11-19(14-18(22)3)15-26-20-7-5-4-6-8-20/h4-14H,15H2,1-3H3,(H,24,25). The minimum atomic E-state index is -0.0549. The molecule has 0 heterocycles. The highest BCUT2D eigenvalue weighted by Gasteiger charge is 2.11. The maximum Gasteiger partial charge on any atom is 0.255 e. The van der Waals surface area contributed by atoms with Crippen LogP contribution in [0.5, 0.6) is 0 Å². The topological polar surface area (TPSA) is 29.1 Å². The summed E-state index contributed by atoms with van der Waals surface area (Å²) in [5.41, 5.74) is 6.00. The highest BCUT2D eigenvalue weighted by atomic mass is 32.2. The van der Waals surface area contributed by atoms with E-state index in [0.717, 1.165) is 33.7 Å². The second kappa shape index (κ2) is 8.24. The van der Waals surface area contributed by atoms with Crippen molar-refractivity contribution < 1.29 is 4.79 Å². The quantitative estimate of drug-likeness (QED) is 0.552. The van der Waals surface area contributed by atoms with Crippen LogP contribution in [0.25, 0.3) is 0 Å². The summed E-state index contributed by atoms with van der Waals surface area (Å²) >= 11 is 1.82. The highest BCUT2D eigenvalue weighted by molar-refractivity contribution is 7.98.